The first-order chi connectivity index (χ1) is 8.91. The number of carboxylic acid groups (broad SMARTS) is 1. The summed E-state index contributed by atoms with van der Waals surface area (Å²) in [5.74, 6) is -0.333. The van der Waals surface area contributed by atoms with E-state index in [1.54, 1.807) is 6.07 Å². The van der Waals surface area contributed by atoms with Crippen LogP contribution in [0.3, 0.4) is 0 Å². The number of aromatic carboxylic acids is 1. The molecule has 1 heterocycles. The van der Waals surface area contributed by atoms with Crippen molar-refractivity contribution in [1.29, 1.82) is 0 Å². The van der Waals surface area contributed by atoms with Gasteiger partial charge in [0.25, 0.3) is 0 Å². The van der Waals surface area contributed by atoms with Crippen LogP contribution in [-0.2, 0) is 0 Å². The van der Waals surface area contributed by atoms with E-state index in [9.17, 15) is 9.90 Å². The zero-order valence-electron chi connectivity index (χ0n) is 11.8. The Labute approximate surface area is 114 Å². The van der Waals surface area contributed by atoms with E-state index in [2.05, 4.69) is 18.7 Å². The van der Waals surface area contributed by atoms with Crippen molar-refractivity contribution in [2.75, 3.05) is 17.2 Å². The van der Waals surface area contributed by atoms with Crippen molar-refractivity contribution in [3.05, 3.63) is 23.3 Å². The number of anilines is 2. The SMILES string of the molecule is Cc1cc(N2CCCC(C)C2C)cc(C(=O)O)c1N. The van der Waals surface area contributed by atoms with Gasteiger partial charge in [0.1, 0.15) is 0 Å². The average Bonchev–Trinajstić information content (AvgIpc) is 2.35. The maximum Gasteiger partial charge on any atom is 0.337 e. The summed E-state index contributed by atoms with van der Waals surface area (Å²) < 4.78 is 0. The van der Waals surface area contributed by atoms with Crippen LogP contribution in [-0.4, -0.2) is 23.7 Å². The minimum absolute atomic E-state index is 0.209. The van der Waals surface area contributed by atoms with Gasteiger partial charge in [-0.3, -0.25) is 0 Å². The smallest absolute Gasteiger partial charge is 0.337 e. The van der Waals surface area contributed by atoms with E-state index in [1.165, 1.54) is 6.42 Å². The van der Waals surface area contributed by atoms with Gasteiger partial charge in [0.15, 0.2) is 0 Å². The van der Waals surface area contributed by atoms with Crippen molar-refractivity contribution >= 4 is 17.3 Å². The van der Waals surface area contributed by atoms with Crippen LogP contribution in [0.4, 0.5) is 11.4 Å². The number of nitrogen functional groups attached to an aromatic ring is 1. The van der Waals surface area contributed by atoms with Crippen molar-refractivity contribution in [3.63, 3.8) is 0 Å². The van der Waals surface area contributed by atoms with Gasteiger partial charge in [-0.05, 0) is 50.3 Å². The predicted octanol–water partition coefficient (Wildman–Crippen LogP) is 2.90. The third-order valence-electron chi connectivity index (χ3n) is 4.31. The number of aryl methyl sites for hydroxylation is 1. The van der Waals surface area contributed by atoms with Crippen molar-refractivity contribution in [2.24, 2.45) is 5.92 Å². The van der Waals surface area contributed by atoms with E-state index in [-0.39, 0.29) is 5.56 Å². The number of rotatable bonds is 2. The van der Waals surface area contributed by atoms with Crippen LogP contribution in [0.2, 0.25) is 0 Å². The van der Waals surface area contributed by atoms with E-state index in [0.29, 0.717) is 17.6 Å². The van der Waals surface area contributed by atoms with Gasteiger partial charge in [-0.2, -0.15) is 0 Å². The summed E-state index contributed by atoms with van der Waals surface area (Å²) in [6, 6.07) is 4.13. The quantitative estimate of drug-likeness (QED) is 0.804. The zero-order chi connectivity index (χ0) is 14.2. The molecule has 1 aliphatic heterocycles. The molecule has 4 heteroatoms. The number of carbonyl (C=O) groups is 1. The Bertz CT molecular complexity index is 499. The van der Waals surface area contributed by atoms with E-state index in [0.717, 1.165) is 24.2 Å². The molecular formula is C15H22N2O2. The molecule has 0 radical (unpaired) electrons. The number of piperidine rings is 1. The highest BCUT2D eigenvalue weighted by Gasteiger charge is 2.26. The Hall–Kier alpha value is -1.71. The van der Waals surface area contributed by atoms with Gasteiger partial charge in [0.05, 0.1) is 5.56 Å². The van der Waals surface area contributed by atoms with Crippen molar-refractivity contribution in [2.45, 2.75) is 39.7 Å². The summed E-state index contributed by atoms with van der Waals surface area (Å²) in [6.45, 7) is 7.30. The molecule has 2 unspecified atom stereocenters. The Balaban J connectivity index is 2.42. The summed E-state index contributed by atoms with van der Waals surface area (Å²) in [5.41, 5.74) is 8.23. The molecule has 2 atom stereocenters. The van der Waals surface area contributed by atoms with Crippen molar-refractivity contribution in [3.8, 4) is 0 Å². The first kappa shape index (κ1) is 13.7. The molecule has 3 N–H and O–H groups in total. The third kappa shape index (κ3) is 2.53. The van der Waals surface area contributed by atoms with Crippen LogP contribution >= 0.6 is 0 Å². The minimum Gasteiger partial charge on any atom is -0.478 e. The normalized spacial score (nSPS) is 23.4. The molecular weight excluding hydrogens is 240 g/mol. The molecule has 1 fully saturated rings. The van der Waals surface area contributed by atoms with Crippen molar-refractivity contribution < 1.29 is 9.90 Å². The predicted molar refractivity (Wildman–Crippen MR) is 77.8 cm³/mol. The van der Waals surface area contributed by atoms with Crippen LogP contribution in [0.5, 0.6) is 0 Å². The molecule has 19 heavy (non-hydrogen) atoms. The second-order valence-corrected chi connectivity index (χ2v) is 5.58. The first-order valence-electron chi connectivity index (χ1n) is 6.82. The highest BCUT2D eigenvalue weighted by Crippen LogP contribution is 2.32. The number of carboxylic acids is 1. The van der Waals surface area contributed by atoms with E-state index < -0.39 is 5.97 Å². The van der Waals surface area contributed by atoms with Crippen LogP contribution in [0, 0.1) is 12.8 Å². The van der Waals surface area contributed by atoms with Gasteiger partial charge < -0.3 is 15.7 Å². The maximum atomic E-state index is 11.3. The molecule has 0 bridgehead atoms. The van der Waals surface area contributed by atoms with E-state index in [1.807, 2.05) is 13.0 Å². The summed E-state index contributed by atoms with van der Waals surface area (Å²) in [6.07, 6.45) is 2.38. The zero-order valence-corrected chi connectivity index (χ0v) is 11.8. The Kier molecular flexibility index (Phi) is 3.69. The summed E-state index contributed by atoms with van der Waals surface area (Å²) in [5, 5.41) is 9.23. The van der Waals surface area contributed by atoms with Gasteiger partial charge in [-0.1, -0.05) is 6.92 Å². The minimum atomic E-state index is -0.958. The van der Waals surface area contributed by atoms with Crippen LogP contribution in [0.1, 0.15) is 42.6 Å². The van der Waals surface area contributed by atoms with Crippen LogP contribution in [0.15, 0.2) is 12.1 Å². The van der Waals surface area contributed by atoms with E-state index in [4.69, 9.17) is 5.73 Å². The number of hydrogen-bond acceptors (Lipinski definition) is 3. The number of benzene rings is 1. The molecule has 4 nitrogen and oxygen atoms in total. The summed E-state index contributed by atoms with van der Waals surface area (Å²) in [4.78, 5) is 13.6. The molecule has 1 aliphatic rings. The number of nitrogens with zero attached hydrogens (tertiary/aromatic N) is 1. The fourth-order valence-corrected chi connectivity index (χ4v) is 2.82. The van der Waals surface area contributed by atoms with E-state index >= 15 is 0 Å². The second-order valence-electron chi connectivity index (χ2n) is 5.58. The topological polar surface area (TPSA) is 66.6 Å². The molecule has 0 aromatic heterocycles. The van der Waals surface area contributed by atoms with Gasteiger partial charge in [-0.15, -0.1) is 0 Å². The van der Waals surface area contributed by atoms with Gasteiger partial charge in [0, 0.05) is 24.0 Å². The fraction of sp³-hybridized carbons (Fsp3) is 0.533. The molecule has 0 saturated carbocycles. The average molecular weight is 262 g/mol. The lowest BCUT2D eigenvalue weighted by Crippen LogP contribution is -2.42. The lowest BCUT2D eigenvalue weighted by atomic mass is 9.91. The monoisotopic (exact) mass is 262 g/mol. The third-order valence-corrected chi connectivity index (χ3v) is 4.31. The molecule has 1 saturated heterocycles. The first-order valence-corrected chi connectivity index (χ1v) is 6.82. The Morgan fingerprint density at radius 2 is 2.11 bits per heavy atom. The van der Waals surface area contributed by atoms with Gasteiger partial charge in [-0.25, -0.2) is 4.79 Å². The Morgan fingerprint density at radius 3 is 2.74 bits per heavy atom. The van der Waals surface area contributed by atoms with Crippen LogP contribution in [0.25, 0.3) is 0 Å². The molecule has 0 aliphatic carbocycles. The molecule has 1 aromatic rings. The molecule has 0 amide bonds. The lowest BCUT2D eigenvalue weighted by Gasteiger charge is -2.40. The lowest BCUT2D eigenvalue weighted by molar-refractivity contribution is 0.0698. The largest absolute Gasteiger partial charge is 0.478 e. The van der Waals surface area contributed by atoms with Crippen molar-refractivity contribution in [1.82, 2.24) is 0 Å². The Morgan fingerprint density at radius 1 is 1.42 bits per heavy atom. The molecule has 2 rings (SSSR count). The molecule has 1 aromatic carbocycles. The summed E-state index contributed by atoms with van der Waals surface area (Å²) in [7, 11) is 0. The molecule has 0 spiro atoms. The molecule has 104 valence electrons. The highest BCUT2D eigenvalue weighted by atomic mass is 16.4. The highest BCUT2D eigenvalue weighted by molar-refractivity contribution is 5.95. The van der Waals surface area contributed by atoms with Gasteiger partial charge in [0.2, 0.25) is 0 Å². The fourth-order valence-electron chi connectivity index (χ4n) is 2.82. The van der Waals surface area contributed by atoms with Crippen LogP contribution < -0.4 is 10.6 Å². The number of nitrogens with two attached hydrogens (primary N) is 1. The number of hydrogen-bond donors (Lipinski definition) is 2. The standard InChI is InChI=1S/C15H22N2O2/c1-9-5-4-6-17(11(9)3)12-7-10(2)14(16)13(8-12)15(18)19/h7-9,11H,4-6,16H2,1-3H3,(H,18,19). The maximum absolute atomic E-state index is 11.3. The summed E-state index contributed by atoms with van der Waals surface area (Å²) >= 11 is 0. The second kappa shape index (κ2) is 5.11. The van der Waals surface area contributed by atoms with Gasteiger partial charge >= 0.3 is 5.97 Å².